The van der Waals surface area contributed by atoms with E-state index in [-0.39, 0.29) is 45.7 Å². The number of aryl methyl sites for hydroxylation is 1. The van der Waals surface area contributed by atoms with E-state index in [2.05, 4.69) is 20.0 Å². The van der Waals surface area contributed by atoms with Crippen molar-refractivity contribution in [2.24, 2.45) is 0 Å². The molecule has 1 aromatic heterocycles. The van der Waals surface area contributed by atoms with E-state index in [4.69, 9.17) is 4.74 Å². The Hall–Kier alpha value is -3.52. The maximum atomic E-state index is 14.9. The second-order valence-corrected chi connectivity index (χ2v) is 11.8. The molecule has 4 rings (SSSR count). The van der Waals surface area contributed by atoms with Gasteiger partial charge >= 0.3 is 6.18 Å². The topological polar surface area (TPSA) is 114 Å². The van der Waals surface area contributed by atoms with Crippen molar-refractivity contribution in [3.8, 4) is 0 Å². The number of carbonyl (C=O) groups excluding carboxylic acids is 1. The van der Waals surface area contributed by atoms with Crippen LogP contribution in [0.4, 0.5) is 29.1 Å². The molecule has 1 saturated heterocycles. The Morgan fingerprint density at radius 2 is 1.77 bits per heavy atom. The Morgan fingerprint density at radius 3 is 2.38 bits per heavy atom. The Kier molecular flexibility index (Phi) is 7.96. The number of benzene rings is 2. The van der Waals surface area contributed by atoms with Crippen LogP contribution in [0.5, 0.6) is 0 Å². The first kappa shape index (κ1) is 29.5. The number of ether oxygens (including phenoxy) is 1. The van der Waals surface area contributed by atoms with Crippen LogP contribution in [-0.4, -0.2) is 55.8 Å². The average molecular weight is 584 g/mol. The number of aromatic nitrogens is 2. The number of nitrogens with zero attached hydrogens (tertiary/aromatic N) is 3. The van der Waals surface area contributed by atoms with Crippen LogP contribution in [0.2, 0.25) is 0 Å². The summed E-state index contributed by atoms with van der Waals surface area (Å²) in [6.07, 6.45) is -4.33. The zero-order valence-electron chi connectivity index (χ0n) is 22.4. The Labute approximate surface area is 229 Å². The van der Waals surface area contributed by atoms with Gasteiger partial charge in [0.1, 0.15) is 11.6 Å². The van der Waals surface area contributed by atoms with Crippen LogP contribution in [0, 0.1) is 12.7 Å². The number of nitrogens with one attached hydrogen (secondary N) is 2. The number of sulfonamides is 1. The molecule has 0 saturated carbocycles. The summed E-state index contributed by atoms with van der Waals surface area (Å²) in [4.78, 5) is 22.4. The Balaban J connectivity index is 1.67. The van der Waals surface area contributed by atoms with Crippen LogP contribution >= 0.6 is 0 Å². The molecule has 0 radical (unpaired) electrons. The first-order chi connectivity index (χ1) is 18.5. The lowest BCUT2D eigenvalue weighted by molar-refractivity contribution is -0.144. The minimum absolute atomic E-state index is 0.0179. The number of halogens is 4. The van der Waals surface area contributed by atoms with Crippen molar-refractivity contribution in [2.45, 2.75) is 52.1 Å². The minimum Gasteiger partial charge on any atom is -0.372 e. The molecule has 1 aliphatic rings. The molecular weight excluding hydrogens is 554 g/mol. The van der Waals surface area contributed by atoms with E-state index in [1.807, 2.05) is 13.8 Å². The van der Waals surface area contributed by atoms with Gasteiger partial charge in [-0.1, -0.05) is 0 Å². The molecule has 3 aromatic rings. The van der Waals surface area contributed by atoms with Crippen LogP contribution in [-0.2, 0) is 20.9 Å². The smallest absolute Gasteiger partial charge is 0.372 e. The van der Waals surface area contributed by atoms with Gasteiger partial charge < -0.3 is 15.0 Å². The number of carbonyl (C=O) groups is 1. The molecule has 3 atom stereocenters. The van der Waals surface area contributed by atoms with Crippen LogP contribution < -0.4 is 14.9 Å². The molecular formula is C26H29F4N5O4S. The molecule has 0 spiro atoms. The van der Waals surface area contributed by atoms with Gasteiger partial charge in [-0.25, -0.2) is 22.8 Å². The van der Waals surface area contributed by atoms with Gasteiger partial charge in [0.25, 0.3) is 5.91 Å². The van der Waals surface area contributed by atoms with Crippen molar-refractivity contribution in [1.29, 1.82) is 0 Å². The molecule has 0 bridgehead atoms. The summed E-state index contributed by atoms with van der Waals surface area (Å²) >= 11 is 0. The maximum absolute atomic E-state index is 14.9. The normalized spacial score (nSPS) is 19.0. The van der Waals surface area contributed by atoms with Crippen molar-refractivity contribution in [2.75, 3.05) is 29.0 Å². The van der Waals surface area contributed by atoms with Crippen molar-refractivity contribution in [3.63, 3.8) is 0 Å². The molecule has 14 heteroatoms. The third-order valence-electron chi connectivity index (χ3n) is 6.36. The van der Waals surface area contributed by atoms with Crippen molar-refractivity contribution in [1.82, 2.24) is 15.3 Å². The van der Waals surface area contributed by atoms with Crippen molar-refractivity contribution in [3.05, 3.63) is 58.7 Å². The van der Waals surface area contributed by atoms with E-state index >= 15 is 0 Å². The van der Waals surface area contributed by atoms with Crippen LogP contribution in [0.15, 0.2) is 30.3 Å². The van der Waals surface area contributed by atoms with E-state index in [1.54, 1.807) is 18.7 Å². The Morgan fingerprint density at radius 1 is 1.12 bits per heavy atom. The standard InChI is InChI=1S/C26H29F4N5O4S/c1-13-8-18(20(27)10-22(13)34-40(5,37)38)16(4)31-24(36)17-6-7-21-19(9-17)23(33-25(32-21)26(28,29)30)35-11-14(2)39-15(3)12-35/h6-10,14-16,34H,11-12H2,1-5H3,(H,31,36)/t14?,15?,16-/m1/s1. The van der Waals surface area contributed by atoms with Crippen LogP contribution in [0.3, 0.4) is 0 Å². The number of amides is 1. The second kappa shape index (κ2) is 10.8. The van der Waals surface area contributed by atoms with Gasteiger partial charge in [-0.2, -0.15) is 13.2 Å². The highest BCUT2D eigenvalue weighted by Gasteiger charge is 2.37. The third-order valence-corrected chi connectivity index (χ3v) is 6.95. The third kappa shape index (κ3) is 6.61. The van der Waals surface area contributed by atoms with Crippen molar-refractivity contribution < 1.29 is 35.5 Å². The molecule has 2 heterocycles. The first-order valence-corrected chi connectivity index (χ1v) is 14.3. The predicted octanol–water partition coefficient (Wildman–Crippen LogP) is 4.57. The van der Waals surface area contributed by atoms with E-state index < -0.39 is 39.8 Å². The molecule has 0 aliphatic carbocycles. The maximum Gasteiger partial charge on any atom is 0.451 e. The largest absolute Gasteiger partial charge is 0.451 e. The summed E-state index contributed by atoms with van der Waals surface area (Å²) < 4.78 is 86.7. The van der Waals surface area contributed by atoms with Crippen LogP contribution in [0.25, 0.3) is 10.9 Å². The summed E-state index contributed by atoms with van der Waals surface area (Å²) in [5, 5.41) is 2.95. The molecule has 2 aromatic carbocycles. The van der Waals surface area contributed by atoms with Gasteiger partial charge in [-0.3, -0.25) is 9.52 Å². The average Bonchev–Trinajstić information content (AvgIpc) is 2.82. The lowest BCUT2D eigenvalue weighted by Crippen LogP contribution is -2.46. The summed E-state index contributed by atoms with van der Waals surface area (Å²) in [6, 6.07) is 5.72. The molecule has 1 fully saturated rings. The van der Waals surface area contributed by atoms with E-state index in [9.17, 15) is 30.8 Å². The molecule has 2 N–H and O–H groups in total. The number of hydrogen-bond donors (Lipinski definition) is 2. The van der Waals surface area contributed by atoms with Gasteiger partial charge in [0, 0.05) is 29.6 Å². The van der Waals surface area contributed by atoms with Gasteiger partial charge in [0.15, 0.2) is 0 Å². The fourth-order valence-corrected chi connectivity index (χ4v) is 5.29. The summed E-state index contributed by atoms with van der Waals surface area (Å²) in [5.41, 5.74) is 0.787. The van der Waals surface area contributed by atoms with Gasteiger partial charge in [0.05, 0.1) is 35.7 Å². The number of hydrogen-bond acceptors (Lipinski definition) is 7. The fraction of sp³-hybridized carbons (Fsp3) is 0.423. The summed E-state index contributed by atoms with van der Waals surface area (Å²) in [5.74, 6) is -2.57. The van der Waals surface area contributed by atoms with E-state index in [0.29, 0.717) is 18.7 Å². The highest BCUT2D eigenvalue weighted by Crippen LogP contribution is 2.33. The second-order valence-electron chi connectivity index (χ2n) is 10.0. The first-order valence-electron chi connectivity index (χ1n) is 12.4. The molecule has 1 amide bonds. The number of fused-ring (bicyclic) bond motifs is 1. The minimum atomic E-state index is -4.77. The number of morpholine rings is 1. The number of rotatable bonds is 6. The van der Waals surface area contributed by atoms with Crippen molar-refractivity contribution >= 4 is 38.3 Å². The zero-order chi connectivity index (χ0) is 29.6. The molecule has 216 valence electrons. The number of alkyl halides is 3. The van der Waals surface area contributed by atoms with E-state index in [0.717, 1.165) is 12.3 Å². The molecule has 1 aliphatic heterocycles. The van der Waals surface area contributed by atoms with E-state index in [1.165, 1.54) is 24.3 Å². The fourth-order valence-electron chi connectivity index (χ4n) is 4.68. The zero-order valence-corrected chi connectivity index (χ0v) is 23.2. The Bertz CT molecular complexity index is 1550. The highest BCUT2D eigenvalue weighted by atomic mass is 32.2. The lowest BCUT2D eigenvalue weighted by atomic mass is 10.0. The lowest BCUT2D eigenvalue weighted by Gasteiger charge is -2.36. The SMILES string of the molecule is Cc1cc([C@@H](C)NC(=O)c2ccc3nc(C(F)(F)F)nc(N4CC(C)OC(C)C4)c3c2)c(F)cc1NS(C)(=O)=O. The molecule has 9 nitrogen and oxygen atoms in total. The van der Waals surface area contributed by atoms with Gasteiger partial charge in [-0.05, 0) is 63.6 Å². The number of anilines is 2. The summed E-state index contributed by atoms with van der Waals surface area (Å²) in [6.45, 7) is 7.36. The van der Waals surface area contributed by atoms with Gasteiger partial charge in [-0.15, -0.1) is 0 Å². The predicted molar refractivity (Wildman–Crippen MR) is 142 cm³/mol. The van der Waals surface area contributed by atoms with Crippen LogP contribution in [0.1, 0.15) is 54.1 Å². The monoisotopic (exact) mass is 583 g/mol. The summed E-state index contributed by atoms with van der Waals surface area (Å²) in [7, 11) is -3.62. The quantitative estimate of drug-likeness (QED) is 0.409. The molecule has 2 unspecified atom stereocenters. The van der Waals surface area contributed by atoms with Gasteiger partial charge in [0.2, 0.25) is 15.8 Å². The highest BCUT2D eigenvalue weighted by molar-refractivity contribution is 7.92. The molecule has 40 heavy (non-hydrogen) atoms.